The third-order valence-corrected chi connectivity index (χ3v) is 0.279. The highest BCUT2D eigenvalue weighted by molar-refractivity contribution is 6.20. The van der Waals surface area contributed by atoms with Crippen molar-refractivity contribution in [3.8, 4) is 0 Å². The highest BCUT2D eigenvalue weighted by atomic mass is 35.5. The van der Waals surface area contributed by atoms with Crippen LogP contribution in [-0.4, -0.2) is 17.1 Å². The molecule has 0 unspecified atom stereocenters. The van der Waals surface area contributed by atoms with Crippen molar-refractivity contribution in [2.75, 3.05) is 0 Å². The van der Waals surface area contributed by atoms with Gasteiger partial charge in [-0.25, -0.2) is 4.79 Å². The Kier molecular flexibility index (Phi) is 8.53. The Labute approximate surface area is 56.9 Å². The quantitative estimate of drug-likeness (QED) is 0.426. The van der Waals surface area contributed by atoms with Crippen molar-refractivity contribution in [1.82, 2.24) is 4.84 Å². The Morgan fingerprint density at radius 2 is 1.78 bits per heavy atom. The highest BCUT2D eigenvalue weighted by Gasteiger charge is 1.75. The van der Waals surface area contributed by atoms with E-state index in [1.54, 1.807) is 4.84 Å². The van der Waals surface area contributed by atoms with Gasteiger partial charge in [-0.05, 0) is 0 Å². The van der Waals surface area contributed by atoms with Crippen LogP contribution in [0.15, 0.2) is 0 Å². The maximum Gasteiger partial charge on any atom is 0.326 e. The predicted molar refractivity (Wildman–Crippen MR) is 31.9 cm³/mol. The van der Waals surface area contributed by atoms with E-state index >= 15 is 0 Å². The Morgan fingerprint density at radius 3 is 1.78 bits per heavy atom. The van der Waals surface area contributed by atoms with Crippen LogP contribution in [0.1, 0.15) is 6.92 Å². The molecule has 0 aliphatic rings. The smallest absolute Gasteiger partial charge is 0.326 e. The van der Waals surface area contributed by atoms with Crippen LogP contribution in [0.25, 0.3) is 0 Å². The molecule has 0 atom stereocenters. The van der Waals surface area contributed by atoms with E-state index in [2.05, 4.69) is 17.5 Å². The Balaban J connectivity index is 0. The average molecular weight is 155 g/mol. The van der Waals surface area contributed by atoms with E-state index in [1.807, 2.05) is 0 Å². The molecule has 0 radical (unpaired) electrons. The number of carbonyl (C=O) groups is 2. The molecule has 4 N–H and O–H groups in total. The molecular weight excluding hydrogens is 147 g/mol. The number of hydrogen-bond donors (Lipinski definition) is 3. The van der Waals surface area contributed by atoms with Crippen LogP contribution in [0, 0.1) is 0 Å². The first kappa shape index (κ1) is 10.9. The number of nitrogens with one attached hydrogen (secondary N) is 1. The molecular formula is C3H7ClN2O3. The lowest BCUT2D eigenvalue weighted by molar-refractivity contribution is -0.134. The first-order valence-electron chi connectivity index (χ1n) is 1.86. The summed E-state index contributed by atoms with van der Waals surface area (Å²) in [5, 5.41) is 7.42. The maximum atomic E-state index is 9.35. The number of urea groups is 1. The van der Waals surface area contributed by atoms with Gasteiger partial charge in [0.05, 0.1) is 0 Å². The molecule has 0 heterocycles. The second kappa shape index (κ2) is 7.03. The van der Waals surface area contributed by atoms with Crippen LogP contribution in [0.3, 0.4) is 0 Å². The molecule has 0 saturated heterocycles. The molecule has 0 aromatic carbocycles. The van der Waals surface area contributed by atoms with Crippen molar-refractivity contribution in [1.29, 1.82) is 0 Å². The number of carboxylic acid groups (broad SMARTS) is 1. The molecule has 0 spiro atoms. The predicted octanol–water partition coefficient (Wildman–Crippen LogP) is -0.101. The van der Waals surface area contributed by atoms with Crippen LogP contribution < -0.4 is 10.6 Å². The molecule has 0 bridgehead atoms. The Bertz CT molecular complexity index is 101. The Hall–Kier alpha value is -0.970. The van der Waals surface area contributed by atoms with Crippen LogP contribution in [0.5, 0.6) is 0 Å². The summed E-state index contributed by atoms with van der Waals surface area (Å²) < 4.78 is 0. The van der Waals surface area contributed by atoms with Gasteiger partial charge in [-0.15, -0.1) is 0 Å². The minimum absolute atomic E-state index is 0.730. The minimum atomic E-state index is -0.833. The van der Waals surface area contributed by atoms with E-state index in [1.165, 1.54) is 0 Å². The van der Waals surface area contributed by atoms with Gasteiger partial charge in [0.2, 0.25) is 0 Å². The zero-order valence-electron chi connectivity index (χ0n) is 4.72. The first-order chi connectivity index (χ1) is 4.00. The van der Waals surface area contributed by atoms with Gasteiger partial charge in [-0.1, -0.05) is 0 Å². The third-order valence-electron chi connectivity index (χ3n) is 0.0931. The maximum absolute atomic E-state index is 9.35. The lowest BCUT2D eigenvalue weighted by Crippen LogP contribution is -2.19. The van der Waals surface area contributed by atoms with Gasteiger partial charge >= 0.3 is 6.03 Å². The van der Waals surface area contributed by atoms with Gasteiger partial charge in [0.15, 0.2) is 0 Å². The number of halogens is 1. The summed E-state index contributed by atoms with van der Waals surface area (Å²) in [6.07, 6.45) is 0. The molecule has 6 heteroatoms. The third kappa shape index (κ3) is 168. The van der Waals surface area contributed by atoms with E-state index in [-0.39, 0.29) is 0 Å². The van der Waals surface area contributed by atoms with E-state index in [0.717, 1.165) is 6.92 Å². The summed E-state index contributed by atoms with van der Waals surface area (Å²) in [5.74, 6) is -0.833. The number of hydrogen-bond acceptors (Lipinski definition) is 2. The summed E-state index contributed by atoms with van der Waals surface area (Å²) >= 11 is 4.61. The zero-order chi connectivity index (χ0) is 7.86. The summed E-state index contributed by atoms with van der Waals surface area (Å²) in [7, 11) is 0. The summed E-state index contributed by atoms with van der Waals surface area (Å²) in [4.78, 5) is 20.0. The van der Waals surface area contributed by atoms with Crippen molar-refractivity contribution in [3.05, 3.63) is 0 Å². The standard InChI is InChI=1S/C2H4O2.CH3ClN2O/c1-2(3)4;2-4-1(3)5/h1H3,(H,3,4);(H3,3,4,5). The largest absolute Gasteiger partial charge is 0.481 e. The highest BCUT2D eigenvalue weighted by Crippen LogP contribution is 1.54. The molecule has 0 aliphatic carbocycles. The fraction of sp³-hybridized carbons (Fsp3) is 0.333. The molecule has 5 nitrogen and oxygen atoms in total. The van der Waals surface area contributed by atoms with Gasteiger partial charge in [-0.2, -0.15) is 0 Å². The average Bonchev–Trinajstić information content (AvgIpc) is 1.65. The number of amides is 2. The molecule has 9 heavy (non-hydrogen) atoms. The van der Waals surface area contributed by atoms with Crippen molar-refractivity contribution < 1.29 is 14.7 Å². The molecule has 0 aliphatic heterocycles. The molecule has 54 valence electrons. The second-order valence-electron chi connectivity index (χ2n) is 0.978. The topological polar surface area (TPSA) is 92.4 Å². The molecule has 0 aromatic rings. The van der Waals surface area contributed by atoms with Gasteiger partial charge in [0.1, 0.15) is 0 Å². The zero-order valence-corrected chi connectivity index (χ0v) is 5.47. The second-order valence-corrected chi connectivity index (χ2v) is 1.17. The van der Waals surface area contributed by atoms with Crippen LogP contribution in [0.2, 0.25) is 0 Å². The SMILES string of the molecule is CC(=O)O.NC(=O)NCl. The van der Waals surface area contributed by atoms with E-state index in [4.69, 9.17) is 9.90 Å². The summed E-state index contributed by atoms with van der Waals surface area (Å²) in [6.45, 7) is 1.08. The fourth-order valence-corrected chi connectivity index (χ4v) is 0. The van der Waals surface area contributed by atoms with Crippen molar-refractivity contribution in [3.63, 3.8) is 0 Å². The minimum Gasteiger partial charge on any atom is -0.481 e. The molecule has 0 saturated carbocycles. The van der Waals surface area contributed by atoms with E-state index < -0.39 is 12.0 Å². The number of nitrogens with two attached hydrogens (primary N) is 1. The van der Waals surface area contributed by atoms with Crippen molar-refractivity contribution >= 4 is 23.8 Å². The van der Waals surface area contributed by atoms with Gasteiger partial charge in [0, 0.05) is 18.7 Å². The van der Waals surface area contributed by atoms with E-state index in [9.17, 15) is 4.79 Å². The normalized spacial score (nSPS) is 6.44. The fourth-order valence-electron chi connectivity index (χ4n) is 0. The molecule has 2 amide bonds. The van der Waals surface area contributed by atoms with Gasteiger partial charge in [-0.3, -0.25) is 9.63 Å². The summed E-state index contributed by atoms with van der Waals surface area (Å²) in [5.41, 5.74) is 4.41. The molecule has 0 fully saturated rings. The van der Waals surface area contributed by atoms with Crippen LogP contribution in [0.4, 0.5) is 4.79 Å². The first-order valence-corrected chi connectivity index (χ1v) is 2.24. The lowest BCUT2D eigenvalue weighted by Gasteiger charge is -1.76. The van der Waals surface area contributed by atoms with Crippen molar-refractivity contribution in [2.45, 2.75) is 6.92 Å². The molecule has 0 rings (SSSR count). The number of carbonyl (C=O) groups excluding carboxylic acids is 1. The van der Waals surface area contributed by atoms with Gasteiger partial charge in [0.25, 0.3) is 5.97 Å². The van der Waals surface area contributed by atoms with Crippen LogP contribution >= 0.6 is 11.8 Å². The van der Waals surface area contributed by atoms with Gasteiger partial charge < -0.3 is 10.8 Å². The lowest BCUT2D eigenvalue weighted by atomic mass is 10.9. The monoisotopic (exact) mass is 154 g/mol. The van der Waals surface area contributed by atoms with E-state index in [0.29, 0.717) is 0 Å². The van der Waals surface area contributed by atoms with Crippen LogP contribution in [-0.2, 0) is 4.79 Å². The Morgan fingerprint density at radius 1 is 1.67 bits per heavy atom. The van der Waals surface area contributed by atoms with Crippen molar-refractivity contribution in [2.24, 2.45) is 5.73 Å². The number of primary amides is 1. The molecule has 0 aromatic heterocycles. The summed E-state index contributed by atoms with van der Waals surface area (Å²) in [6, 6.07) is -0.730. The number of aliphatic carboxylic acids is 1. The number of rotatable bonds is 0. The number of carboxylic acids is 1.